The van der Waals surface area contributed by atoms with Gasteiger partial charge < -0.3 is 4.90 Å². The monoisotopic (exact) mass is 213 g/mol. The van der Waals surface area contributed by atoms with Crippen molar-refractivity contribution >= 4 is 0 Å². The number of hydrogen-bond donors (Lipinski definition) is 0. The highest BCUT2D eigenvalue weighted by Gasteiger charge is 2.14. The van der Waals surface area contributed by atoms with Crippen LogP contribution in [-0.2, 0) is 0 Å². The van der Waals surface area contributed by atoms with E-state index in [4.69, 9.17) is 0 Å². The van der Waals surface area contributed by atoms with Crippen LogP contribution < -0.4 is 0 Å². The maximum atomic E-state index is 2.34. The van der Waals surface area contributed by atoms with Crippen molar-refractivity contribution in [2.75, 3.05) is 6.54 Å². The Morgan fingerprint density at radius 3 is 2.94 bits per heavy atom. The highest BCUT2D eigenvalue weighted by atomic mass is 15.1. The molecule has 84 valence electrons. The van der Waals surface area contributed by atoms with E-state index in [1.165, 1.54) is 16.8 Å². The lowest BCUT2D eigenvalue weighted by Crippen LogP contribution is -2.15. The van der Waals surface area contributed by atoms with Crippen LogP contribution in [0.2, 0.25) is 0 Å². The minimum Gasteiger partial charge on any atom is -0.348 e. The smallest absolute Gasteiger partial charge is 0.0438 e. The molecular weight excluding hydrogens is 194 g/mol. The number of nitrogens with zero attached hydrogens (tertiary/aromatic N) is 1. The molecule has 2 aliphatic rings. The van der Waals surface area contributed by atoms with Gasteiger partial charge in [0, 0.05) is 18.4 Å². The summed E-state index contributed by atoms with van der Waals surface area (Å²) in [5.74, 6) is 0. The maximum absolute atomic E-state index is 2.34. The predicted molar refractivity (Wildman–Crippen MR) is 69.8 cm³/mol. The van der Waals surface area contributed by atoms with Crippen LogP contribution in [-0.4, -0.2) is 11.4 Å². The van der Waals surface area contributed by atoms with E-state index in [-0.39, 0.29) is 0 Å². The average Bonchev–Trinajstić information content (AvgIpc) is 2.70. The SMILES string of the molecule is C/C=C\CC1=CN(CC)C2=C(C=C1)CC=C2. The molecule has 0 aromatic rings. The lowest BCUT2D eigenvalue weighted by molar-refractivity contribution is 0.502. The molecule has 0 saturated carbocycles. The van der Waals surface area contributed by atoms with Gasteiger partial charge in [-0.05, 0) is 43.9 Å². The minimum absolute atomic E-state index is 1.02. The Morgan fingerprint density at radius 2 is 2.19 bits per heavy atom. The topological polar surface area (TPSA) is 3.24 Å². The molecule has 1 heterocycles. The van der Waals surface area contributed by atoms with Crippen molar-refractivity contribution in [2.45, 2.75) is 26.7 Å². The summed E-state index contributed by atoms with van der Waals surface area (Å²) in [7, 11) is 0. The molecule has 0 radical (unpaired) electrons. The summed E-state index contributed by atoms with van der Waals surface area (Å²) in [6, 6.07) is 0. The first-order valence-electron chi connectivity index (χ1n) is 6.01. The van der Waals surface area contributed by atoms with Gasteiger partial charge in [-0.1, -0.05) is 30.4 Å². The summed E-state index contributed by atoms with van der Waals surface area (Å²) in [6.07, 6.45) is 17.7. The molecule has 0 aromatic heterocycles. The van der Waals surface area contributed by atoms with E-state index < -0.39 is 0 Å². The van der Waals surface area contributed by atoms with Crippen LogP contribution in [0.4, 0.5) is 0 Å². The molecule has 0 spiro atoms. The fourth-order valence-electron chi connectivity index (χ4n) is 2.10. The molecule has 16 heavy (non-hydrogen) atoms. The molecule has 0 atom stereocenters. The standard InChI is InChI=1S/C15H19N/c1-3-5-7-13-10-11-14-8-6-9-15(14)16(4-2)12-13/h3,5-6,9-12H,4,7-8H2,1-2H3/b5-3-. The second-order valence-corrected chi connectivity index (χ2v) is 4.11. The molecule has 1 aliphatic carbocycles. The van der Waals surface area contributed by atoms with Crippen molar-refractivity contribution < 1.29 is 0 Å². The molecule has 1 aliphatic heterocycles. The molecule has 0 unspecified atom stereocenters. The molecule has 0 N–H and O–H groups in total. The van der Waals surface area contributed by atoms with E-state index in [9.17, 15) is 0 Å². The van der Waals surface area contributed by atoms with Crippen molar-refractivity contribution in [2.24, 2.45) is 0 Å². The van der Waals surface area contributed by atoms with Crippen molar-refractivity contribution in [3.63, 3.8) is 0 Å². The van der Waals surface area contributed by atoms with Crippen molar-refractivity contribution in [1.29, 1.82) is 0 Å². The van der Waals surface area contributed by atoms with Crippen molar-refractivity contribution in [3.05, 3.63) is 59.5 Å². The lowest BCUT2D eigenvalue weighted by Gasteiger charge is -2.19. The zero-order valence-corrected chi connectivity index (χ0v) is 10.1. The maximum Gasteiger partial charge on any atom is 0.0438 e. The molecular formula is C15H19N. The Balaban J connectivity index is 2.24. The Labute approximate surface area is 98.1 Å². The average molecular weight is 213 g/mol. The van der Waals surface area contributed by atoms with Crippen LogP contribution in [0.25, 0.3) is 0 Å². The number of allylic oxidation sites excluding steroid dienone is 8. The molecule has 0 fully saturated rings. The molecule has 0 amide bonds. The van der Waals surface area contributed by atoms with Crippen LogP contribution in [0.1, 0.15) is 26.7 Å². The summed E-state index contributed by atoms with van der Waals surface area (Å²) >= 11 is 0. The van der Waals surface area contributed by atoms with E-state index in [0.29, 0.717) is 0 Å². The molecule has 1 nitrogen and oxygen atoms in total. The van der Waals surface area contributed by atoms with E-state index in [2.05, 4.69) is 61.4 Å². The van der Waals surface area contributed by atoms with E-state index in [1.54, 1.807) is 0 Å². The van der Waals surface area contributed by atoms with Gasteiger partial charge in [0.15, 0.2) is 0 Å². The second-order valence-electron chi connectivity index (χ2n) is 4.11. The molecule has 2 rings (SSSR count). The number of likely N-dealkylation sites (N-methyl/N-ethyl adjacent to an activating group) is 1. The van der Waals surface area contributed by atoms with Crippen LogP contribution in [0, 0.1) is 0 Å². The van der Waals surface area contributed by atoms with Crippen molar-refractivity contribution in [3.8, 4) is 0 Å². The van der Waals surface area contributed by atoms with E-state index in [1.807, 2.05) is 0 Å². The molecule has 0 saturated heterocycles. The highest BCUT2D eigenvalue weighted by Crippen LogP contribution is 2.27. The quantitative estimate of drug-likeness (QED) is 0.642. The van der Waals surface area contributed by atoms with E-state index in [0.717, 1.165) is 19.4 Å². The molecule has 1 heteroatoms. The third-order valence-corrected chi connectivity index (χ3v) is 3.00. The lowest BCUT2D eigenvalue weighted by atomic mass is 10.1. The Bertz CT molecular complexity index is 405. The number of hydrogen-bond acceptors (Lipinski definition) is 1. The number of rotatable bonds is 3. The summed E-state index contributed by atoms with van der Waals surface area (Å²) in [6.45, 7) is 5.30. The van der Waals surface area contributed by atoms with Crippen LogP contribution in [0.3, 0.4) is 0 Å². The van der Waals surface area contributed by atoms with Crippen LogP contribution in [0.15, 0.2) is 59.5 Å². The van der Waals surface area contributed by atoms with Crippen LogP contribution in [0.5, 0.6) is 0 Å². The summed E-state index contributed by atoms with van der Waals surface area (Å²) in [5, 5.41) is 0. The third kappa shape index (κ3) is 2.19. The Morgan fingerprint density at radius 1 is 1.31 bits per heavy atom. The molecule has 0 bridgehead atoms. The zero-order chi connectivity index (χ0) is 11.4. The van der Waals surface area contributed by atoms with Gasteiger partial charge in [0.05, 0.1) is 0 Å². The van der Waals surface area contributed by atoms with E-state index >= 15 is 0 Å². The first kappa shape index (κ1) is 11.0. The van der Waals surface area contributed by atoms with Gasteiger partial charge in [0.2, 0.25) is 0 Å². The highest BCUT2D eigenvalue weighted by molar-refractivity contribution is 5.45. The third-order valence-electron chi connectivity index (χ3n) is 3.00. The Kier molecular flexibility index (Phi) is 3.45. The normalized spacial score (nSPS) is 19.4. The summed E-state index contributed by atoms with van der Waals surface area (Å²) in [4.78, 5) is 2.34. The fraction of sp³-hybridized carbons (Fsp3) is 0.333. The first-order chi connectivity index (χ1) is 7.85. The van der Waals surface area contributed by atoms with Gasteiger partial charge in [0.1, 0.15) is 0 Å². The fourth-order valence-corrected chi connectivity index (χ4v) is 2.10. The van der Waals surface area contributed by atoms with Gasteiger partial charge in [-0.15, -0.1) is 0 Å². The van der Waals surface area contributed by atoms with Crippen molar-refractivity contribution in [1.82, 2.24) is 4.90 Å². The Hall–Kier alpha value is -1.50. The first-order valence-corrected chi connectivity index (χ1v) is 6.01. The summed E-state index contributed by atoms with van der Waals surface area (Å²) in [5.41, 5.74) is 4.19. The minimum atomic E-state index is 1.02. The van der Waals surface area contributed by atoms with Gasteiger partial charge >= 0.3 is 0 Å². The second kappa shape index (κ2) is 5.02. The van der Waals surface area contributed by atoms with Crippen LogP contribution >= 0.6 is 0 Å². The largest absolute Gasteiger partial charge is 0.348 e. The molecule has 0 aromatic carbocycles. The van der Waals surface area contributed by atoms with Gasteiger partial charge in [-0.25, -0.2) is 0 Å². The summed E-state index contributed by atoms with van der Waals surface area (Å²) < 4.78 is 0. The van der Waals surface area contributed by atoms with Gasteiger partial charge in [0.25, 0.3) is 0 Å². The predicted octanol–water partition coefficient (Wildman–Crippen LogP) is 3.94. The van der Waals surface area contributed by atoms with Gasteiger partial charge in [-0.3, -0.25) is 0 Å². The van der Waals surface area contributed by atoms with Gasteiger partial charge in [-0.2, -0.15) is 0 Å². The zero-order valence-electron chi connectivity index (χ0n) is 10.1.